The summed E-state index contributed by atoms with van der Waals surface area (Å²) >= 11 is 0. The molecule has 0 bridgehead atoms. The van der Waals surface area contributed by atoms with Gasteiger partial charge in [0, 0.05) is 44.1 Å². The number of likely N-dealkylation sites (N-methyl/N-ethyl adjacent to an activating group) is 1. The minimum atomic E-state index is -0.0667. The fourth-order valence-corrected chi connectivity index (χ4v) is 3.29. The maximum atomic E-state index is 12.2. The Balaban J connectivity index is 1.44. The summed E-state index contributed by atoms with van der Waals surface area (Å²) in [6.45, 7) is 4.91. The molecular formula is C22H30N4O3. The van der Waals surface area contributed by atoms with E-state index in [4.69, 9.17) is 9.47 Å². The van der Waals surface area contributed by atoms with Crippen LogP contribution in [0.4, 0.5) is 11.4 Å². The summed E-state index contributed by atoms with van der Waals surface area (Å²) in [6, 6.07) is 13.9. The number of anilines is 2. The van der Waals surface area contributed by atoms with Crippen LogP contribution in [0.5, 0.6) is 11.5 Å². The van der Waals surface area contributed by atoms with Gasteiger partial charge in [-0.2, -0.15) is 0 Å². The molecular weight excluding hydrogens is 368 g/mol. The number of amides is 1. The van der Waals surface area contributed by atoms with Gasteiger partial charge in [-0.3, -0.25) is 4.79 Å². The van der Waals surface area contributed by atoms with Crippen molar-refractivity contribution >= 4 is 17.3 Å². The van der Waals surface area contributed by atoms with Gasteiger partial charge < -0.3 is 29.9 Å². The third-order valence-corrected chi connectivity index (χ3v) is 5.13. The van der Waals surface area contributed by atoms with Crippen LogP contribution in [0.25, 0.3) is 0 Å². The molecule has 0 aromatic heterocycles. The van der Waals surface area contributed by atoms with E-state index in [1.165, 1.54) is 5.69 Å². The number of rotatable bonds is 8. The number of nitrogens with one attached hydrogen (secondary N) is 2. The lowest BCUT2D eigenvalue weighted by Crippen LogP contribution is -2.44. The first kappa shape index (κ1) is 20.8. The second kappa shape index (κ2) is 10.0. The van der Waals surface area contributed by atoms with Crippen molar-refractivity contribution in [3.63, 3.8) is 0 Å². The van der Waals surface area contributed by atoms with E-state index >= 15 is 0 Å². The molecule has 1 fully saturated rings. The molecule has 2 N–H and O–H groups in total. The lowest BCUT2D eigenvalue weighted by atomic mass is 10.2. The smallest absolute Gasteiger partial charge is 0.239 e. The van der Waals surface area contributed by atoms with Crippen molar-refractivity contribution in [2.75, 3.05) is 64.2 Å². The molecule has 2 aromatic carbocycles. The van der Waals surface area contributed by atoms with E-state index in [-0.39, 0.29) is 12.5 Å². The zero-order valence-corrected chi connectivity index (χ0v) is 17.4. The van der Waals surface area contributed by atoms with Gasteiger partial charge in [-0.15, -0.1) is 0 Å². The van der Waals surface area contributed by atoms with Crippen molar-refractivity contribution in [3.05, 3.63) is 48.0 Å². The van der Waals surface area contributed by atoms with Crippen molar-refractivity contribution in [2.45, 2.75) is 6.54 Å². The van der Waals surface area contributed by atoms with Gasteiger partial charge in [0.25, 0.3) is 0 Å². The van der Waals surface area contributed by atoms with Crippen molar-refractivity contribution < 1.29 is 14.3 Å². The lowest BCUT2D eigenvalue weighted by Gasteiger charge is -2.34. The SMILES string of the molecule is COc1ccc(CNC(=O)CNc2ccc(N3CCN(C)CC3)cc2)cc1OC. The van der Waals surface area contributed by atoms with Gasteiger partial charge in [0.1, 0.15) is 0 Å². The van der Waals surface area contributed by atoms with Crippen LogP contribution >= 0.6 is 0 Å². The molecule has 0 atom stereocenters. The summed E-state index contributed by atoms with van der Waals surface area (Å²) in [7, 11) is 5.35. The first-order chi connectivity index (χ1) is 14.1. The highest BCUT2D eigenvalue weighted by molar-refractivity contribution is 5.80. The number of benzene rings is 2. The highest BCUT2D eigenvalue weighted by Gasteiger charge is 2.14. The molecule has 1 saturated heterocycles. The maximum Gasteiger partial charge on any atom is 0.239 e. The summed E-state index contributed by atoms with van der Waals surface area (Å²) < 4.78 is 10.5. The number of carbonyl (C=O) groups excluding carboxylic acids is 1. The van der Waals surface area contributed by atoms with E-state index in [2.05, 4.69) is 39.6 Å². The molecule has 3 rings (SSSR count). The Labute approximate surface area is 172 Å². The van der Waals surface area contributed by atoms with Crippen LogP contribution in [0, 0.1) is 0 Å². The van der Waals surface area contributed by atoms with Crippen LogP contribution in [0.1, 0.15) is 5.56 Å². The first-order valence-corrected chi connectivity index (χ1v) is 9.84. The summed E-state index contributed by atoms with van der Waals surface area (Å²) in [6.07, 6.45) is 0. The van der Waals surface area contributed by atoms with E-state index in [0.29, 0.717) is 18.0 Å². The quantitative estimate of drug-likeness (QED) is 0.711. The van der Waals surface area contributed by atoms with Crippen molar-refractivity contribution in [1.29, 1.82) is 0 Å². The Bertz CT molecular complexity index is 802. The van der Waals surface area contributed by atoms with E-state index in [1.807, 2.05) is 30.3 Å². The van der Waals surface area contributed by atoms with Crippen LogP contribution in [0.2, 0.25) is 0 Å². The van der Waals surface area contributed by atoms with Gasteiger partial charge >= 0.3 is 0 Å². The molecule has 1 amide bonds. The normalized spacial score (nSPS) is 14.4. The summed E-state index contributed by atoms with van der Waals surface area (Å²) in [5.74, 6) is 1.25. The summed E-state index contributed by atoms with van der Waals surface area (Å²) in [4.78, 5) is 16.9. The average molecular weight is 399 g/mol. The monoisotopic (exact) mass is 398 g/mol. The molecule has 7 heteroatoms. The molecule has 0 saturated carbocycles. The van der Waals surface area contributed by atoms with Crippen LogP contribution in [0.3, 0.4) is 0 Å². The van der Waals surface area contributed by atoms with Crippen LogP contribution < -0.4 is 25.0 Å². The largest absolute Gasteiger partial charge is 0.493 e. The minimum Gasteiger partial charge on any atom is -0.493 e. The Hall–Kier alpha value is -2.93. The molecule has 1 aliphatic rings. The van der Waals surface area contributed by atoms with Crippen LogP contribution in [0.15, 0.2) is 42.5 Å². The van der Waals surface area contributed by atoms with Gasteiger partial charge in [-0.25, -0.2) is 0 Å². The second-order valence-corrected chi connectivity index (χ2v) is 7.16. The second-order valence-electron chi connectivity index (χ2n) is 7.16. The molecule has 1 heterocycles. The fraction of sp³-hybridized carbons (Fsp3) is 0.409. The highest BCUT2D eigenvalue weighted by atomic mass is 16.5. The predicted octanol–water partition coefficient (Wildman–Crippen LogP) is 2.18. The van der Waals surface area contributed by atoms with Crippen molar-refractivity contribution in [3.8, 4) is 11.5 Å². The summed E-state index contributed by atoms with van der Waals surface area (Å²) in [5.41, 5.74) is 3.11. The molecule has 2 aromatic rings. The Morgan fingerprint density at radius 3 is 2.31 bits per heavy atom. The van der Waals surface area contributed by atoms with E-state index in [0.717, 1.165) is 37.4 Å². The van der Waals surface area contributed by atoms with Crippen molar-refractivity contribution in [1.82, 2.24) is 10.2 Å². The fourth-order valence-electron chi connectivity index (χ4n) is 3.29. The van der Waals surface area contributed by atoms with Gasteiger partial charge in [-0.1, -0.05) is 6.07 Å². The van der Waals surface area contributed by atoms with Crippen molar-refractivity contribution in [2.24, 2.45) is 0 Å². The number of nitrogens with zero attached hydrogens (tertiary/aromatic N) is 2. The minimum absolute atomic E-state index is 0.0667. The zero-order valence-electron chi connectivity index (χ0n) is 17.4. The van der Waals surface area contributed by atoms with Gasteiger partial charge in [0.2, 0.25) is 5.91 Å². The molecule has 0 unspecified atom stereocenters. The Morgan fingerprint density at radius 2 is 1.66 bits per heavy atom. The molecule has 1 aliphatic heterocycles. The number of carbonyl (C=O) groups is 1. The summed E-state index contributed by atoms with van der Waals surface area (Å²) in [5, 5.41) is 6.09. The third kappa shape index (κ3) is 5.77. The standard InChI is InChI=1S/C22H30N4O3/c1-25-10-12-26(13-11-25)19-7-5-18(6-8-19)23-16-22(27)24-15-17-4-9-20(28-2)21(14-17)29-3/h4-9,14,23H,10-13,15-16H2,1-3H3,(H,24,27). The molecule has 7 nitrogen and oxygen atoms in total. The van der Waals surface area contributed by atoms with Gasteiger partial charge in [0.15, 0.2) is 11.5 Å². The number of hydrogen-bond donors (Lipinski definition) is 2. The number of methoxy groups -OCH3 is 2. The van der Waals surface area contributed by atoms with Gasteiger partial charge in [-0.05, 0) is 49.0 Å². The van der Waals surface area contributed by atoms with Crippen LogP contribution in [-0.4, -0.2) is 64.8 Å². The zero-order chi connectivity index (χ0) is 20.6. The molecule has 156 valence electrons. The topological polar surface area (TPSA) is 66.1 Å². The number of ether oxygens (including phenoxy) is 2. The van der Waals surface area contributed by atoms with E-state index < -0.39 is 0 Å². The molecule has 0 radical (unpaired) electrons. The number of hydrogen-bond acceptors (Lipinski definition) is 6. The van der Waals surface area contributed by atoms with Gasteiger partial charge in [0.05, 0.1) is 20.8 Å². The predicted molar refractivity (Wildman–Crippen MR) is 116 cm³/mol. The number of piperazine rings is 1. The average Bonchev–Trinajstić information content (AvgIpc) is 2.77. The lowest BCUT2D eigenvalue weighted by molar-refractivity contribution is -0.119. The Kier molecular flexibility index (Phi) is 7.19. The van der Waals surface area contributed by atoms with Crippen LogP contribution in [-0.2, 0) is 11.3 Å². The Morgan fingerprint density at radius 1 is 0.966 bits per heavy atom. The molecule has 0 aliphatic carbocycles. The molecule has 0 spiro atoms. The third-order valence-electron chi connectivity index (χ3n) is 5.13. The van der Waals surface area contributed by atoms with E-state index in [9.17, 15) is 4.79 Å². The first-order valence-electron chi connectivity index (χ1n) is 9.84. The highest BCUT2D eigenvalue weighted by Crippen LogP contribution is 2.27. The molecule has 29 heavy (non-hydrogen) atoms. The van der Waals surface area contributed by atoms with E-state index in [1.54, 1.807) is 14.2 Å². The maximum absolute atomic E-state index is 12.2.